The van der Waals surface area contributed by atoms with Gasteiger partial charge >= 0.3 is 5.69 Å². The minimum absolute atomic E-state index is 0.00594. The number of ether oxygens (including phenoxy) is 2. The number of hydrogen-bond donors (Lipinski definition) is 1. The van der Waals surface area contributed by atoms with Crippen molar-refractivity contribution >= 4 is 5.69 Å². The maximum atomic E-state index is 10.7. The molecular weight excluding hydrogens is 214 g/mol. The molecule has 1 aromatic carbocycles. The molecule has 0 unspecified atom stereocenters. The minimum Gasteiger partial charge on any atom is -0.497 e. The van der Waals surface area contributed by atoms with Crippen molar-refractivity contribution in [3.8, 4) is 11.5 Å². The molecule has 16 heavy (non-hydrogen) atoms. The summed E-state index contributed by atoms with van der Waals surface area (Å²) in [5.41, 5.74) is -0.151. The van der Waals surface area contributed by atoms with Crippen molar-refractivity contribution in [1.29, 1.82) is 0 Å². The Morgan fingerprint density at radius 2 is 2.25 bits per heavy atom. The van der Waals surface area contributed by atoms with Gasteiger partial charge in [0.25, 0.3) is 0 Å². The molecule has 0 heterocycles. The lowest BCUT2D eigenvalue weighted by Gasteiger charge is -2.09. The summed E-state index contributed by atoms with van der Waals surface area (Å²) in [6.45, 7) is 1.53. The topological polar surface area (TPSA) is 81.8 Å². The van der Waals surface area contributed by atoms with Gasteiger partial charge < -0.3 is 14.6 Å². The largest absolute Gasteiger partial charge is 0.497 e. The Bertz CT molecular complexity index is 377. The maximum absolute atomic E-state index is 10.7. The molecule has 1 aromatic rings. The first-order chi connectivity index (χ1) is 7.54. The van der Waals surface area contributed by atoms with E-state index < -0.39 is 11.0 Å². The Hall–Kier alpha value is -1.82. The van der Waals surface area contributed by atoms with E-state index in [0.717, 1.165) is 0 Å². The molecule has 0 saturated heterocycles. The third-order valence-electron chi connectivity index (χ3n) is 1.84. The Morgan fingerprint density at radius 3 is 2.75 bits per heavy atom. The first kappa shape index (κ1) is 12.3. The van der Waals surface area contributed by atoms with Crippen molar-refractivity contribution in [1.82, 2.24) is 0 Å². The third kappa shape index (κ3) is 3.09. The molecule has 0 amide bonds. The second-order valence-corrected chi connectivity index (χ2v) is 3.25. The molecular formula is C10H13NO5. The number of hydrogen-bond acceptors (Lipinski definition) is 5. The molecule has 0 fully saturated rings. The third-order valence-corrected chi connectivity index (χ3v) is 1.84. The Kier molecular flexibility index (Phi) is 4.07. The van der Waals surface area contributed by atoms with Gasteiger partial charge in [-0.1, -0.05) is 0 Å². The van der Waals surface area contributed by atoms with E-state index in [0.29, 0.717) is 5.75 Å². The molecule has 6 nitrogen and oxygen atoms in total. The first-order valence-electron chi connectivity index (χ1n) is 4.68. The number of nitrogens with zero attached hydrogens (tertiary/aromatic N) is 1. The highest BCUT2D eigenvalue weighted by atomic mass is 16.6. The van der Waals surface area contributed by atoms with Crippen molar-refractivity contribution in [2.45, 2.75) is 13.0 Å². The molecule has 0 bridgehead atoms. The predicted molar refractivity (Wildman–Crippen MR) is 56.8 cm³/mol. The maximum Gasteiger partial charge on any atom is 0.311 e. The van der Waals surface area contributed by atoms with Gasteiger partial charge in [-0.25, -0.2) is 0 Å². The van der Waals surface area contributed by atoms with E-state index in [-0.39, 0.29) is 18.0 Å². The van der Waals surface area contributed by atoms with Crippen molar-refractivity contribution in [2.24, 2.45) is 0 Å². The summed E-state index contributed by atoms with van der Waals surface area (Å²) >= 11 is 0. The van der Waals surface area contributed by atoms with Crippen molar-refractivity contribution < 1.29 is 19.5 Å². The van der Waals surface area contributed by atoms with Gasteiger partial charge in [0, 0.05) is 12.1 Å². The zero-order valence-corrected chi connectivity index (χ0v) is 9.04. The van der Waals surface area contributed by atoms with E-state index in [1.807, 2.05) is 0 Å². The lowest BCUT2D eigenvalue weighted by Crippen LogP contribution is -2.13. The molecule has 0 saturated carbocycles. The van der Waals surface area contributed by atoms with E-state index in [4.69, 9.17) is 14.6 Å². The van der Waals surface area contributed by atoms with Crippen LogP contribution in [0, 0.1) is 10.1 Å². The van der Waals surface area contributed by atoms with E-state index in [1.165, 1.54) is 32.2 Å². The summed E-state index contributed by atoms with van der Waals surface area (Å²) in [4.78, 5) is 10.1. The minimum atomic E-state index is -0.689. The fraction of sp³-hybridized carbons (Fsp3) is 0.400. The van der Waals surface area contributed by atoms with Crippen LogP contribution in [0.2, 0.25) is 0 Å². The molecule has 1 atom stereocenters. The lowest BCUT2D eigenvalue weighted by atomic mass is 10.3. The van der Waals surface area contributed by atoms with Crippen molar-refractivity contribution in [2.75, 3.05) is 13.7 Å². The van der Waals surface area contributed by atoms with Crippen molar-refractivity contribution in [3.63, 3.8) is 0 Å². The molecule has 88 valence electrons. The van der Waals surface area contributed by atoms with Gasteiger partial charge in [-0.15, -0.1) is 0 Å². The summed E-state index contributed by atoms with van der Waals surface area (Å²) in [7, 11) is 1.46. The van der Waals surface area contributed by atoms with Crippen LogP contribution in [-0.4, -0.2) is 29.9 Å². The fourth-order valence-electron chi connectivity index (χ4n) is 1.10. The highest BCUT2D eigenvalue weighted by Crippen LogP contribution is 2.31. The van der Waals surface area contributed by atoms with Gasteiger partial charge in [-0.3, -0.25) is 10.1 Å². The summed E-state index contributed by atoms with van der Waals surface area (Å²) in [6.07, 6.45) is -0.689. The highest BCUT2D eigenvalue weighted by Gasteiger charge is 2.16. The van der Waals surface area contributed by atoms with E-state index in [2.05, 4.69) is 0 Å². The lowest BCUT2D eigenvalue weighted by molar-refractivity contribution is -0.385. The zero-order valence-electron chi connectivity index (χ0n) is 9.04. The molecule has 0 spiro atoms. The molecule has 0 radical (unpaired) electrons. The average Bonchev–Trinajstić information content (AvgIpc) is 2.25. The normalized spacial score (nSPS) is 11.9. The molecule has 6 heteroatoms. The predicted octanol–water partition coefficient (Wildman–Crippen LogP) is 1.36. The van der Waals surface area contributed by atoms with Gasteiger partial charge in [-0.05, 0) is 13.0 Å². The average molecular weight is 227 g/mol. The number of benzene rings is 1. The van der Waals surface area contributed by atoms with Crippen LogP contribution in [0.5, 0.6) is 11.5 Å². The number of nitro groups is 1. The second kappa shape index (κ2) is 5.32. The number of rotatable bonds is 5. The number of aliphatic hydroxyl groups is 1. The number of aliphatic hydroxyl groups excluding tert-OH is 1. The van der Waals surface area contributed by atoms with Gasteiger partial charge in [0.1, 0.15) is 12.4 Å². The standard InChI is InChI=1S/C10H13NO5/c1-7(12)6-16-10-5-8(15-2)3-4-9(10)11(13)14/h3-5,7,12H,6H2,1-2H3/t7-/m1/s1. The van der Waals surface area contributed by atoms with Crippen LogP contribution >= 0.6 is 0 Å². The summed E-state index contributed by atoms with van der Waals surface area (Å²) in [5, 5.41) is 19.7. The Labute approximate surface area is 92.6 Å². The molecule has 0 aromatic heterocycles. The monoisotopic (exact) mass is 227 g/mol. The summed E-state index contributed by atoms with van der Waals surface area (Å²) in [5.74, 6) is 0.552. The van der Waals surface area contributed by atoms with E-state index in [9.17, 15) is 10.1 Å². The van der Waals surface area contributed by atoms with Gasteiger partial charge in [0.2, 0.25) is 5.75 Å². The SMILES string of the molecule is COc1ccc([N+](=O)[O-])c(OC[C@@H](C)O)c1. The smallest absolute Gasteiger partial charge is 0.311 e. The van der Waals surface area contributed by atoms with Crippen LogP contribution in [-0.2, 0) is 0 Å². The summed E-state index contributed by atoms with van der Waals surface area (Å²) in [6, 6.07) is 4.20. The van der Waals surface area contributed by atoms with Gasteiger partial charge in [0.05, 0.1) is 18.1 Å². The second-order valence-electron chi connectivity index (χ2n) is 3.25. The number of nitro benzene ring substituents is 1. The molecule has 0 aliphatic heterocycles. The summed E-state index contributed by atoms with van der Waals surface area (Å²) < 4.78 is 10.1. The Morgan fingerprint density at radius 1 is 1.56 bits per heavy atom. The van der Waals surface area contributed by atoms with E-state index >= 15 is 0 Å². The van der Waals surface area contributed by atoms with Crippen LogP contribution in [0.3, 0.4) is 0 Å². The van der Waals surface area contributed by atoms with Crippen LogP contribution in [0.25, 0.3) is 0 Å². The molecule has 0 aliphatic carbocycles. The Balaban J connectivity index is 2.96. The van der Waals surface area contributed by atoms with Crippen LogP contribution in [0.1, 0.15) is 6.92 Å². The van der Waals surface area contributed by atoms with Crippen LogP contribution in [0.4, 0.5) is 5.69 Å². The van der Waals surface area contributed by atoms with E-state index in [1.54, 1.807) is 0 Å². The quantitative estimate of drug-likeness (QED) is 0.606. The molecule has 0 aliphatic rings. The van der Waals surface area contributed by atoms with Crippen LogP contribution in [0.15, 0.2) is 18.2 Å². The fourth-order valence-corrected chi connectivity index (χ4v) is 1.10. The van der Waals surface area contributed by atoms with Crippen LogP contribution < -0.4 is 9.47 Å². The molecule has 1 N–H and O–H groups in total. The first-order valence-corrected chi connectivity index (χ1v) is 4.68. The number of methoxy groups -OCH3 is 1. The van der Waals surface area contributed by atoms with Gasteiger partial charge in [-0.2, -0.15) is 0 Å². The molecule has 1 rings (SSSR count). The van der Waals surface area contributed by atoms with Gasteiger partial charge in [0.15, 0.2) is 0 Å². The van der Waals surface area contributed by atoms with Crippen molar-refractivity contribution in [3.05, 3.63) is 28.3 Å². The zero-order chi connectivity index (χ0) is 12.1. The highest BCUT2D eigenvalue weighted by molar-refractivity contribution is 5.50.